The van der Waals surface area contributed by atoms with Gasteiger partial charge in [-0.2, -0.15) is 0 Å². The van der Waals surface area contributed by atoms with Gasteiger partial charge in [-0.15, -0.1) is 0 Å². The van der Waals surface area contributed by atoms with Gasteiger partial charge in [-0.05, 0) is 17.5 Å². The van der Waals surface area contributed by atoms with E-state index in [1.807, 2.05) is 57.2 Å². The summed E-state index contributed by atoms with van der Waals surface area (Å²) in [7, 11) is 0. The van der Waals surface area contributed by atoms with Crippen LogP contribution in [0.2, 0.25) is 0 Å². The fourth-order valence-corrected chi connectivity index (χ4v) is 1.96. The van der Waals surface area contributed by atoms with E-state index in [4.69, 9.17) is 0 Å². The summed E-state index contributed by atoms with van der Waals surface area (Å²) < 4.78 is 0. The largest absolute Gasteiger partial charge is 0.385 e. The van der Waals surface area contributed by atoms with E-state index in [0.717, 1.165) is 10.9 Å². The first-order valence-corrected chi connectivity index (χ1v) is 6.43. The highest BCUT2D eigenvalue weighted by atomic mass is 16.3. The molecule has 0 aliphatic carbocycles. The van der Waals surface area contributed by atoms with E-state index in [9.17, 15) is 9.90 Å². The molecule has 0 saturated carbocycles. The van der Waals surface area contributed by atoms with Crippen molar-refractivity contribution in [1.82, 2.24) is 4.98 Å². The lowest BCUT2D eigenvalue weighted by molar-refractivity contribution is -0.131. The predicted octanol–water partition coefficient (Wildman–Crippen LogP) is 2.75. The van der Waals surface area contributed by atoms with Crippen LogP contribution in [0.5, 0.6) is 0 Å². The molecule has 0 fully saturated rings. The molecule has 0 aliphatic rings. The summed E-state index contributed by atoms with van der Waals surface area (Å²) in [6, 6.07) is 11.6. The van der Waals surface area contributed by atoms with Gasteiger partial charge in [0.1, 0.15) is 6.10 Å². The van der Waals surface area contributed by atoms with Crippen molar-refractivity contribution in [2.24, 2.45) is 5.41 Å². The third-order valence-corrected chi connectivity index (χ3v) is 3.14. The molecule has 100 valence electrons. The fourth-order valence-electron chi connectivity index (χ4n) is 1.96. The lowest BCUT2D eigenvalue weighted by Crippen LogP contribution is -2.35. The summed E-state index contributed by atoms with van der Waals surface area (Å²) >= 11 is 0. The number of hydrogen-bond donors (Lipinski definition) is 1. The number of aliphatic hydroxyl groups is 1. The van der Waals surface area contributed by atoms with E-state index in [1.165, 1.54) is 0 Å². The number of carbonyl (C=O) groups is 1. The van der Waals surface area contributed by atoms with Gasteiger partial charge in [0.2, 0.25) is 0 Å². The molecule has 0 radical (unpaired) electrons. The van der Waals surface area contributed by atoms with Crippen LogP contribution in [-0.2, 0) is 11.2 Å². The van der Waals surface area contributed by atoms with E-state index in [0.29, 0.717) is 5.69 Å². The van der Waals surface area contributed by atoms with Crippen LogP contribution in [0, 0.1) is 5.41 Å². The van der Waals surface area contributed by atoms with Crippen molar-refractivity contribution in [2.45, 2.75) is 33.3 Å². The Hall–Kier alpha value is -1.74. The monoisotopic (exact) mass is 257 g/mol. The Bertz CT molecular complexity index is 599. The number of benzene rings is 1. The van der Waals surface area contributed by atoms with Gasteiger partial charge in [0.05, 0.1) is 11.9 Å². The van der Waals surface area contributed by atoms with Gasteiger partial charge >= 0.3 is 0 Å². The Kier molecular flexibility index (Phi) is 3.67. The molecule has 1 atom stereocenters. The normalized spacial score (nSPS) is 13.5. The van der Waals surface area contributed by atoms with Crippen molar-refractivity contribution in [1.29, 1.82) is 0 Å². The van der Waals surface area contributed by atoms with E-state index >= 15 is 0 Å². The van der Waals surface area contributed by atoms with E-state index in [2.05, 4.69) is 4.98 Å². The predicted molar refractivity (Wildman–Crippen MR) is 75.9 cm³/mol. The molecule has 1 unspecified atom stereocenters. The number of carbonyl (C=O) groups excluding carboxylic acids is 1. The number of Topliss-reactive ketones (excluding diaryl/α,β-unsaturated/α-hetero) is 1. The molecule has 0 bridgehead atoms. The number of nitrogens with zero attached hydrogens (tertiary/aromatic N) is 1. The van der Waals surface area contributed by atoms with E-state index in [1.54, 1.807) is 0 Å². The number of fused-ring (bicyclic) bond motifs is 1. The number of para-hydroxylation sites is 1. The highest BCUT2D eigenvalue weighted by molar-refractivity contribution is 5.86. The molecule has 2 rings (SSSR count). The molecule has 0 spiro atoms. The standard InChI is InChI=1S/C16H19NO2/c1-16(2,3)15(19)14(18)10-12-9-8-11-6-4-5-7-13(11)17-12/h4-9,15,19H,10H2,1-3H3. The van der Waals surface area contributed by atoms with Crippen molar-refractivity contribution >= 4 is 16.7 Å². The summed E-state index contributed by atoms with van der Waals surface area (Å²) in [5.41, 5.74) is 1.14. The maximum atomic E-state index is 12.0. The Morgan fingerprint density at radius 2 is 1.89 bits per heavy atom. The smallest absolute Gasteiger partial charge is 0.167 e. The van der Waals surface area contributed by atoms with Crippen LogP contribution in [0.15, 0.2) is 36.4 Å². The molecule has 0 aliphatic heterocycles. The van der Waals surface area contributed by atoms with Gasteiger partial charge in [-0.3, -0.25) is 9.78 Å². The third kappa shape index (κ3) is 3.18. The summed E-state index contributed by atoms with van der Waals surface area (Å²) in [5, 5.41) is 11.0. The van der Waals surface area contributed by atoms with Crippen LogP contribution >= 0.6 is 0 Å². The minimum absolute atomic E-state index is 0.170. The lowest BCUT2D eigenvalue weighted by Gasteiger charge is -2.24. The molecule has 1 aromatic heterocycles. The maximum Gasteiger partial charge on any atom is 0.167 e. The van der Waals surface area contributed by atoms with Crippen LogP contribution < -0.4 is 0 Å². The topological polar surface area (TPSA) is 50.2 Å². The molecule has 1 N–H and O–H groups in total. The second kappa shape index (κ2) is 5.10. The van der Waals surface area contributed by atoms with Crippen molar-refractivity contribution in [2.75, 3.05) is 0 Å². The molecule has 3 nitrogen and oxygen atoms in total. The second-order valence-corrected chi connectivity index (χ2v) is 5.91. The molecule has 19 heavy (non-hydrogen) atoms. The molecule has 0 saturated heterocycles. The number of aromatic nitrogens is 1. The zero-order chi connectivity index (χ0) is 14.0. The summed E-state index contributed by atoms with van der Waals surface area (Å²) in [6.45, 7) is 5.55. The van der Waals surface area contributed by atoms with Gasteiger partial charge in [0, 0.05) is 11.1 Å². The Balaban J connectivity index is 2.20. The van der Waals surface area contributed by atoms with Crippen LogP contribution in [-0.4, -0.2) is 22.0 Å². The van der Waals surface area contributed by atoms with E-state index in [-0.39, 0.29) is 12.2 Å². The first kappa shape index (κ1) is 13.7. The number of rotatable bonds is 3. The Labute approximate surface area is 113 Å². The minimum atomic E-state index is -0.958. The first-order valence-electron chi connectivity index (χ1n) is 6.43. The quantitative estimate of drug-likeness (QED) is 0.919. The summed E-state index contributed by atoms with van der Waals surface area (Å²) in [6.07, 6.45) is -0.788. The van der Waals surface area contributed by atoms with Crippen molar-refractivity contribution in [3.63, 3.8) is 0 Å². The number of hydrogen-bond acceptors (Lipinski definition) is 3. The van der Waals surface area contributed by atoms with Crippen molar-refractivity contribution in [3.05, 3.63) is 42.1 Å². The van der Waals surface area contributed by atoms with Crippen molar-refractivity contribution in [3.8, 4) is 0 Å². The third-order valence-electron chi connectivity index (χ3n) is 3.14. The maximum absolute atomic E-state index is 12.0. The molecule has 1 aromatic carbocycles. The minimum Gasteiger partial charge on any atom is -0.385 e. The number of pyridine rings is 1. The highest BCUT2D eigenvalue weighted by Gasteiger charge is 2.28. The van der Waals surface area contributed by atoms with E-state index < -0.39 is 11.5 Å². The molecule has 1 heterocycles. The molecule has 0 amide bonds. The van der Waals surface area contributed by atoms with Crippen LogP contribution in [0.4, 0.5) is 0 Å². The zero-order valence-corrected chi connectivity index (χ0v) is 11.6. The second-order valence-electron chi connectivity index (χ2n) is 5.91. The Morgan fingerprint density at radius 1 is 1.21 bits per heavy atom. The molecular weight excluding hydrogens is 238 g/mol. The van der Waals surface area contributed by atoms with Crippen LogP contribution in [0.1, 0.15) is 26.5 Å². The van der Waals surface area contributed by atoms with Crippen molar-refractivity contribution < 1.29 is 9.90 Å². The fraction of sp³-hybridized carbons (Fsp3) is 0.375. The average molecular weight is 257 g/mol. The summed E-state index contributed by atoms with van der Waals surface area (Å²) in [4.78, 5) is 16.5. The van der Waals surface area contributed by atoms with Gasteiger partial charge in [0.15, 0.2) is 5.78 Å². The molecular formula is C16H19NO2. The zero-order valence-electron chi connectivity index (χ0n) is 11.6. The van der Waals surface area contributed by atoms with Gasteiger partial charge < -0.3 is 5.11 Å². The summed E-state index contributed by atoms with van der Waals surface area (Å²) in [5.74, 6) is -0.185. The van der Waals surface area contributed by atoms with Crippen LogP contribution in [0.25, 0.3) is 10.9 Å². The number of aliphatic hydroxyl groups excluding tert-OH is 1. The number of ketones is 1. The van der Waals surface area contributed by atoms with Crippen LogP contribution in [0.3, 0.4) is 0 Å². The Morgan fingerprint density at radius 3 is 2.58 bits per heavy atom. The highest BCUT2D eigenvalue weighted by Crippen LogP contribution is 2.21. The van der Waals surface area contributed by atoms with Gasteiger partial charge in [-0.25, -0.2) is 0 Å². The molecule has 3 heteroatoms. The van der Waals surface area contributed by atoms with Gasteiger partial charge in [0.25, 0.3) is 0 Å². The lowest BCUT2D eigenvalue weighted by atomic mass is 9.85. The SMILES string of the molecule is CC(C)(C)C(O)C(=O)Cc1ccc2ccccc2n1. The average Bonchev–Trinajstić information content (AvgIpc) is 2.36. The van der Waals surface area contributed by atoms with Gasteiger partial charge in [-0.1, -0.05) is 45.0 Å². The molecule has 2 aromatic rings. The first-order chi connectivity index (χ1) is 8.88.